The summed E-state index contributed by atoms with van der Waals surface area (Å²) in [5.74, 6) is 0.232. The number of halogens is 1. The van der Waals surface area contributed by atoms with Crippen LogP contribution in [0.4, 0.5) is 4.39 Å². The predicted molar refractivity (Wildman–Crippen MR) is 107 cm³/mol. The summed E-state index contributed by atoms with van der Waals surface area (Å²) in [4.78, 5) is 23.5. The maximum atomic E-state index is 13.4. The number of fused-ring (bicyclic) bond motifs is 1. The zero-order chi connectivity index (χ0) is 19.8. The van der Waals surface area contributed by atoms with Crippen LogP contribution in [-0.4, -0.2) is 28.6 Å². The van der Waals surface area contributed by atoms with Gasteiger partial charge in [-0.3, -0.25) is 4.79 Å². The van der Waals surface area contributed by atoms with Gasteiger partial charge in [-0.1, -0.05) is 12.1 Å². The first-order valence-electron chi connectivity index (χ1n) is 9.36. The van der Waals surface area contributed by atoms with Crippen molar-refractivity contribution in [3.8, 4) is 0 Å². The number of nitrogens with zero attached hydrogens (tertiary/aromatic N) is 2. The summed E-state index contributed by atoms with van der Waals surface area (Å²) in [6.07, 6.45) is 1.69. The van der Waals surface area contributed by atoms with Crippen molar-refractivity contribution in [1.29, 1.82) is 0 Å². The van der Waals surface area contributed by atoms with Crippen molar-refractivity contribution in [2.75, 3.05) is 6.61 Å². The van der Waals surface area contributed by atoms with Crippen LogP contribution in [0.1, 0.15) is 51.2 Å². The number of aromatic nitrogens is 2. The Morgan fingerprint density at radius 3 is 2.68 bits per heavy atom. The lowest BCUT2D eigenvalue weighted by Gasteiger charge is -2.24. The number of benzene rings is 1. The second-order valence-electron chi connectivity index (χ2n) is 7.15. The Hall–Kier alpha value is -2.38. The van der Waals surface area contributed by atoms with E-state index in [2.05, 4.69) is 15.3 Å². The first-order valence-corrected chi connectivity index (χ1v) is 10.2. The van der Waals surface area contributed by atoms with Crippen LogP contribution in [0, 0.1) is 26.6 Å². The minimum atomic E-state index is -0.325. The highest BCUT2D eigenvalue weighted by Gasteiger charge is 2.30. The van der Waals surface area contributed by atoms with Crippen LogP contribution < -0.4 is 5.32 Å². The first-order chi connectivity index (χ1) is 13.4. The summed E-state index contributed by atoms with van der Waals surface area (Å²) in [5.41, 5.74) is 2.61. The molecule has 1 amide bonds. The third-order valence-corrected chi connectivity index (χ3v) is 6.33. The average molecular weight is 399 g/mol. The van der Waals surface area contributed by atoms with E-state index in [1.165, 1.54) is 23.5 Å². The third-order valence-electron chi connectivity index (χ3n) is 5.14. The Balaban J connectivity index is 1.68. The lowest BCUT2D eigenvalue weighted by atomic mass is 9.99. The molecule has 0 spiro atoms. The number of rotatable bonds is 4. The standard InChI is InChI=1S/C21H22FN3O2S/c1-11-17-12(2)23-13(3)24-21(17)28-19(11)20(26)25-18(16-5-4-10-27-16)14-6-8-15(22)9-7-14/h6-9,16,18H,4-5,10H2,1-3H3,(H,25,26)/t16-,18+/m0/s1. The molecule has 3 heterocycles. The van der Waals surface area contributed by atoms with Crippen molar-refractivity contribution in [2.45, 2.75) is 45.8 Å². The van der Waals surface area contributed by atoms with Gasteiger partial charge < -0.3 is 10.1 Å². The zero-order valence-corrected chi connectivity index (χ0v) is 16.9. The number of hydrogen-bond acceptors (Lipinski definition) is 5. The molecule has 3 aromatic rings. The Morgan fingerprint density at radius 1 is 1.25 bits per heavy atom. The van der Waals surface area contributed by atoms with Crippen LogP contribution in [0.15, 0.2) is 24.3 Å². The summed E-state index contributed by atoms with van der Waals surface area (Å²) in [6, 6.07) is 5.91. The molecule has 1 fully saturated rings. The van der Waals surface area contributed by atoms with Gasteiger partial charge in [0, 0.05) is 17.7 Å². The lowest BCUT2D eigenvalue weighted by molar-refractivity contribution is 0.0674. The van der Waals surface area contributed by atoms with Gasteiger partial charge in [-0.05, 0) is 56.9 Å². The van der Waals surface area contributed by atoms with E-state index in [1.807, 2.05) is 20.8 Å². The average Bonchev–Trinajstić information content (AvgIpc) is 3.28. The van der Waals surface area contributed by atoms with Crippen molar-refractivity contribution < 1.29 is 13.9 Å². The highest BCUT2D eigenvalue weighted by Crippen LogP contribution is 2.33. The lowest BCUT2D eigenvalue weighted by Crippen LogP contribution is -2.36. The maximum absolute atomic E-state index is 13.4. The SMILES string of the molecule is Cc1nc(C)c2c(C)c(C(=O)N[C@H](c3ccc(F)cc3)[C@@H]3CCCO3)sc2n1. The smallest absolute Gasteiger partial charge is 0.262 e. The number of amides is 1. The van der Waals surface area contributed by atoms with Gasteiger partial charge in [0.05, 0.1) is 17.0 Å². The number of carbonyl (C=O) groups is 1. The maximum Gasteiger partial charge on any atom is 0.262 e. The Labute approximate surface area is 167 Å². The summed E-state index contributed by atoms with van der Waals surface area (Å²) < 4.78 is 19.2. The monoisotopic (exact) mass is 399 g/mol. The zero-order valence-electron chi connectivity index (χ0n) is 16.1. The summed E-state index contributed by atoms with van der Waals surface area (Å²) in [6.45, 7) is 6.39. The minimum Gasteiger partial charge on any atom is -0.376 e. The second-order valence-corrected chi connectivity index (χ2v) is 8.15. The van der Waals surface area contributed by atoms with Gasteiger partial charge in [0.15, 0.2) is 0 Å². The molecule has 1 aliphatic heterocycles. The number of ether oxygens (including phenoxy) is 1. The van der Waals surface area contributed by atoms with Gasteiger partial charge in [0.25, 0.3) is 5.91 Å². The molecule has 1 aliphatic rings. The van der Waals surface area contributed by atoms with Crippen LogP contribution in [-0.2, 0) is 4.74 Å². The van der Waals surface area contributed by atoms with Crippen LogP contribution in [0.2, 0.25) is 0 Å². The largest absolute Gasteiger partial charge is 0.376 e. The molecule has 2 aromatic heterocycles. The number of aryl methyl sites for hydroxylation is 3. The van der Waals surface area contributed by atoms with Gasteiger partial charge >= 0.3 is 0 Å². The first kappa shape index (κ1) is 19.0. The van der Waals surface area contributed by atoms with Crippen molar-refractivity contribution in [3.05, 3.63) is 57.6 Å². The minimum absolute atomic E-state index is 0.118. The van der Waals surface area contributed by atoms with E-state index in [0.29, 0.717) is 17.3 Å². The molecular formula is C21H22FN3O2S. The van der Waals surface area contributed by atoms with Crippen molar-refractivity contribution >= 4 is 27.5 Å². The molecule has 7 heteroatoms. The quantitative estimate of drug-likeness (QED) is 0.706. The van der Waals surface area contributed by atoms with Crippen LogP contribution in [0.5, 0.6) is 0 Å². The summed E-state index contributed by atoms with van der Waals surface area (Å²) >= 11 is 1.38. The van der Waals surface area contributed by atoms with Crippen molar-refractivity contribution in [1.82, 2.24) is 15.3 Å². The molecule has 1 saturated heterocycles. The summed E-state index contributed by atoms with van der Waals surface area (Å²) in [5, 5.41) is 4.06. The van der Waals surface area contributed by atoms with E-state index in [4.69, 9.17) is 4.74 Å². The summed E-state index contributed by atoms with van der Waals surface area (Å²) in [7, 11) is 0. The highest BCUT2D eigenvalue weighted by atomic mass is 32.1. The predicted octanol–water partition coefficient (Wildman–Crippen LogP) is 4.41. The topological polar surface area (TPSA) is 64.1 Å². The Morgan fingerprint density at radius 2 is 2.00 bits per heavy atom. The molecule has 5 nitrogen and oxygen atoms in total. The number of carbonyl (C=O) groups excluding carboxylic acids is 1. The molecule has 0 bridgehead atoms. The highest BCUT2D eigenvalue weighted by molar-refractivity contribution is 7.20. The van der Waals surface area contributed by atoms with Crippen LogP contribution >= 0.6 is 11.3 Å². The molecule has 0 radical (unpaired) electrons. The molecule has 0 saturated carbocycles. The fraction of sp³-hybridized carbons (Fsp3) is 0.381. The van der Waals surface area contributed by atoms with Gasteiger partial charge in [-0.15, -0.1) is 11.3 Å². The molecule has 0 unspecified atom stereocenters. The number of hydrogen-bond donors (Lipinski definition) is 1. The van der Waals surface area contributed by atoms with Crippen molar-refractivity contribution in [3.63, 3.8) is 0 Å². The van der Waals surface area contributed by atoms with E-state index in [0.717, 1.165) is 39.9 Å². The van der Waals surface area contributed by atoms with E-state index < -0.39 is 0 Å². The fourth-order valence-electron chi connectivity index (χ4n) is 3.82. The number of nitrogens with one attached hydrogen (secondary N) is 1. The molecule has 28 heavy (non-hydrogen) atoms. The van der Waals surface area contributed by atoms with Gasteiger partial charge in [0.1, 0.15) is 16.5 Å². The van der Waals surface area contributed by atoms with Gasteiger partial charge in [-0.2, -0.15) is 0 Å². The van der Waals surface area contributed by atoms with Crippen LogP contribution in [0.3, 0.4) is 0 Å². The van der Waals surface area contributed by atoms with Crippen molar-refractivity contribution in [2.24, 2.45) is 0 Å². The molecule has 4 rings (SSSR count). The van der Waals surface area contributed by atoms with Crippen LogP contribution in [0.25, 0.3) is 10.2 Å². The van der Waals surface area contributed by atoms with E-state index >= 15 is 0 Å². The molecule has 0 aliphatic carbocycles. The van der Waals surface area contributed by atoms with E-state index in [-0.39, 0.29) is 23.9 Å². The number of thiophene rings is 1. The van der Waals surface area contributed by atoms with E-state index in [9.17, 15) is 9.18 Å². The molecule has 2 atom stereocenters. The van der Waals surface area contributed by atoms with Gasteiger partial charge in [0.2, 0.25) is 0 Å². The molecule has 1 aromatic carbocycles. The second kappa shape index (κ2) is 7.56. The fourth-order valence-corrected chi connectivity index (χ4v) is 5.00. The third kappa shape index (κ3) is 3.52. The van der Waals surface area contributed by atoms with Gasteiger partial charge in [-0.25, -0.2) is 14.4 Å². The molecule has 146 valence electrons. The van der Waals surface area contributed by atoms with E-state index in [1.54, 1.807) is 12.1 Å². The Bertz CT molecular complexity index is 1030. The Kier molecular flexibility index (Phi) is 5.12. The molecular weight excluding hydrogens is 377 g/mol. The normalized spacial score (nSPS) is 17.8. The molecule has 1 N–H and O–H groups in total.